The molecule has 0 heterocycles. The normalized spacial score (nSPS) is 11.9. The Balaban J connectivity index is 3.41. The predicted molar refractivity (Wildman–Crippen MR) is 80.9 cm³/mol. The standard InChI is InChI=1S/C15H26O3Si/c1-7-16-19(17-8-2,18-9-3)15-13(5)11-10-12(4)14(15)6/h10-11H,7-9H2,1-6H3. The zero-order chi connectivity index (χ0) is 14.5. The van der Waals surface area contributed by atoms with Crippen molar-refractivity contribution in [2.45, 2.75) is 41.5 Å². The summed E-state index contributed by atoms with van der Waals surface area (Å²) in [5, 5.41) is 1.14. The molecule has 1 aromatic rings. The number of hydrogen-bond acceptors (Lipinski definition) is 3. The van der Waals surface area contributed by atoms with Gasteiger partial charge in [-0.15, -0.1) is 0 Å². The van der Waals surface area contributed by atoms with Crippen LogP contribution in [0.1, 0.15) is 37.5 Å². The fourth-order valence-corrected chi connectivity index (χ4v) is 5.38. The number of aryl methyl sites for hydroxylation is 2. The fraction of sp³-hybridized carbons (Fsp3) is 0.600. The first-order valence-corrected chi connectivity index (χ1v) is 8.74. The van der Waals surface area contributed by atoms with Gasteiger partial charge >= 0.3 is 8.80 Å². The van der Waals surface area contributed by atoms with Crippen LogP contribution in [0, 0.1) is 20.8 Å². The van der Waals surface area contributed by atoms with Gasteiger partial charge in [-0.1, -0.05) is 12.1 Å². The average molecular weight is 282 g/mol. The SMILES string of the molecule is CCO[Si](OCC)(OCC)c1c(C)ccc(C)c1C. The highest BCUT2D eigenvalue weighted by atomic mass is 28.4. The van der Waals surface area contributed by atoms with Gasteiger partial charge in [0.25, 0.3) is 0 Å². The van der Waals surface area contributed by atoms with Crippen molar-refractivity contribution in [3.8, 4) is 0 Å². The lowest BCUT2D eigenvalue weighted by Gasteiger charge is -2.31. The van der Waals surface area contributed by atoms with Crippen LogP contribution in [0.4, 0.5) is 0 Å². The van der Waals surface area contributed by atoms with Gasteiger partial charge in [-0.25, -0.2) is 0 Å². The van der Waals surface area contributed by atoms with Crippen molar-refractivity contribution >= 4 is 14.0 Å². The molecule has 1 rings (SSSR count). The lowest BCUT2D eigenvalue weighted by molar-refractivity contribution is 0.0856. The largest absolute Gasteiger partial charge is 0.537 e. The molecule has 19 heavy (non-hydrogen) atoms. The molecule has 0 aliphatic carbocycles. The zero-order valence-corrected chi connectivity index (χ0v) is 14.0. The highest BCUT2D eigenvalue weighted by Gasteiger charge is 2.45. The smallest absolute Gasteiger partial charge is 0.370 e. The maximum atomic E-state index is 6.01. The molecule has 0 saturated carbocycles. The molecular formula is C15H26O3Si. The van der Waals surface area contributed by atoms with E-state index in [4.69, 9.17) is 13.3 Å². The second-order valence-electron chi connectivity index (χ2n) is 4.55. The van der Waals surface area contributed by atoms with Crippen LogP contribution in [-0.2, 0) is 13.3 Å². The Hall–Kier alpha value is -0.683. The van der Waals surface area contributed by atoms with Gasteiger partial charge in [-0.3, -0.25) is 0 Å². The third kappa shape index (κ3) is 3.45. The summed E-state index contributed by atoms with van der Waals surface area (Å²) < 4.78 is 18.0. The Bertz CT molecular complexity index is 401. The lowest BCUT2D eigenvalue weighted by Crippen LogP contribution is -2.59. The molecule has 0 aromatic heterocycles. The van der Waals surface area contributed by atoms with Crippen LogP contribution in [0.5, 0.6) is 0 Å². The van der Waals surface area contributed by atoms with Crippen LogP contribution in [-0.4, -0.2) is 28.6 Å². The molecule has 0 amide bonds. The molecule has 0 bridgehead atoms. The summed E-state index contributed by atoms with van der Waals surface area (Å²) >= 11 is 0. The van der Waals surface area contributed by atoms with Crippen LogP contribution in [0.15, 0.2) is 12.1 Å². The molecule has 0 spiro atoms. The van der Waals surface area contributed by atoms with Crippen molar-refractivity contribution in [3.63, 3.8) is 0 Å². The predicted octanol–water partition coefficient (Wildman–Crippen LogP) is 2.87. The molecule has 0 atom stereocenters. The van der Waals surface area contributed by atoms with Crippen molar-refractivity contribution < 1.29 is 13.3 Å². The zero-order valence-electron chi connectivity index (χ0n) is 13.0. The van der Waals surface area contributed by atoms with Crippen molar-refractivity contribution in [3.05, 3.63) is 28.8 Å². The van der Waals surface area contributed by atoms with Crippen LogP contribution in [0.2, 0.25) is 0 Å². The third-order valence-corrected chi connectivity index (χ3v) is 6.64. The van der Waals surface area contributed by atoms with Crippen molar-refractivity contribution in [2.24, 2.45) is 0 Å². The maximum Gasteiger partial charge on any atom is 0.537 e. The quantitative estimate of drug-likeness (QED) is 0.720. The molecule has 0 unspecified atom stereocenters. The maximum absolute atomic E-state index is 6.01. The highest BCUT2D eigenvalue weighted by Crippen LogP contribution is 2.18. The van der Waals surface area contributed by atoms with E-state index in [1.54, 1.807) is 0 Å². The summed E-state index contributed by atoms with van der Waals surface area (Å²) in [6, 6.07) is 4.26. The molecule has 0 radical (unpaired) electrons. The molecule has 0 fully saturated rings. The van der Waals surface area contributed by atoms with E-state index in [1.807, 2.05) is 20.8 Å². The molecule has 4 heteroatoms. The van der Waals surface area contributed by atoms with Crippen molar-refractivity contribution in [1.82, 2.24) is 0 Å². The summed E-state index contributed by atoms with van der Waals surface area (Å²) in [6.45, 7) is 14.1. The second kappa shape index (κ2) is 7.19. The van der Waals surface area contributed by atoms with E-state index in [1.165, 1.54) is 16.7 Å². The lowest BCUT2D eigenvalue weighted by atomic mass is 10.1. The number of rotatable bonds is 7. The van der Waals surface area contributed by atoms with Gasteiger partial charge < -0.3 is 13.3 Å². The molecular weight excluding hydrogens is 256 g/mol. The Morgan fingerprint density at radius 1 is 0.789 bits per heavy atom. The van der Waals surface area contributed by atoms with Gasteiger partial charge in [0.1, 0.15) is 0 Å². The first-order valence-electron chi connectivity index (χ1n) is 7.01. The third-order valence-electron chi connectivity index (χ3n) is 3.25. The van der Waals surface area contributed by atoms with Gasteiger partial charge in [-0.05, 0) is 58.2 Å². The first kappa shape index (κ1) is 16.4. The van der Waals surface area contributed by atoms with Gasteiger partial charge in [-0.2, -0.15) is 0 Å². The van der Waals surface area contributed by atoms with Gasteiger partial charge in [0.2, 0.25) is 0 Å². The Kier molecular flexibility index (Phi) is 6.20. The Morgan fingerprint density at radius 2 is 1.21 bits per heavy atom. The second-order valence-corrected chi connectivity index (χ2v) is 7.03. The summed E-state index contributed by atoms with van der Waals surface area (Å²) in [5.41, 5.74) is 3.66. The molecule has 3 nitrogen and oxygen atoms in total. The fourth-order valence-electron chi connectivity index (χ4n) is 2.33. The molecule has 0 aliphatic rings. The molecule has 0 saturated heterocycles. The van der Waals surface area contributed by atoms with E-state index in [0.29, 0.717) is 19.8 Å². The minimum absolute atomic E-state index is 0.596. The van der Waals surface area contributed by atoms with Crippen LogP contribution in [0.3, 0.4) is 0 Å². The summed E-state index contributed by atoms with van der Waals surface area (Å²) in [5.74, 6) is 0. The van der Waals surface area contributed by atoms with Crippen LogP contribution in [0.25, 0.3) is 0 Å². The minimum Gasteiger partial charge on any atom is -0.370 e. The van der Waals surface area contributed by atoms with Crippen LogP contribution >= 0.6 is 0 Å². The van der Waals surface area contributed by atoms with E-state index < -0.39 is 8.80 Å². The Morgan fingerprint density at radius 3 is 1.63 bits per heavy atom. The van der Waals surface area contributed by atoms with E-state index in [-0.39, 0.29) is 0 Å². The molecule has 0 aliphatic heterocycles. The molecule has 0 N–H and O–H groups in total. The topological polar surface area (TPSA) is 27.7 Å². The highest BCUT2D eigenvalue weighted by molar-refractivity contribution is 6.76. The van der Waals surface area contributed by atoms with Crippen molar-refractivity contribution in [2.75, 3.05) is 19.8 Å². The average Bonchev–Trinajstić information content (AvgIpc) is 2.35. The van der Waals surface area contributed by atoms with E-state index in [9.17, 15) is 0 Å². The van der Waals surface area contributed by atoms with Crippen LogP contribution < -0.4 is 5.19 Å². The number of benzene rings is 1. The summed E-state index contributed by atoms with van der Waals surface area (Å²) in [4.78, 5) is 0. The van der Waals surface area contributed by atoms with Crippen molar-refractivity contribution in [1.29, 1.82) is 0 Å². The van der Waals surface area contributed by atoms with Gasteiger partial charge in [0, 0.05) is 25.0 Å². The molecule has 1 aromatic carbocycles. The van der Waals surface area contributed by atoms with E-state index >= 15 is 0 Å². The van der Waals surface area contributed by atoms with E-state index in [0.717, 1.165) is 5.19 Å². The molecule has 108 valence electrons. The Labute approximate surface area is 118 Å². The van der Waals surface area contributed by atoms with Gasteiger partial charge in [0.05, 0.1) is 0 Å². The van der Waals surface area contributed by atoms with Gasteiger partial charge in [0.15, 0.2) is 0 Å². The minimum atomic E-state index is -2.79. The summed E-state index contributed by atoms with van der Waals surface area (Å²) in [6.07, 6.45) is 0. The monoisotopic (exact) mass is 282 g/mol. The first-order chi connectivity index (χ1) is 9.02. The van der Waals surface area contributed by atoms with E-state index in [2.05, 4.69) is 32.9 Å². The number of hydrogen-bond donors (Lipinski definition) is 0. The summed E-state index contributed by atoms with van der Waals surface area (Å²) in [7, 11) is -2.79.